The first kappa shape index (κ1) is 24.4. The molecule has 0 amide bonds. The second kappa shape index (κ2) is 9.30. The molecule has 2 N–H and O–H groups in total. The summed E-state index contributed by atoms with van der Waals surface area (Å²) in [7, 11) is -1.15. The van der Waals surface area contributed by atoms with Gasteiger partial charge in [-0.15, -0.1) is 0 Å². The van der Waals surface area contributed by atoms with Gasteiger partial charge < -0.3 is 19.9 Å². The fourth-order valence-electron chi connectivity index (χ4n) is 2.83. The minimum Gasteiger partial charge on any atom is -0.495 e. The molecule has 0 saturated heterocycles. The van der Waals surface area contributed by atoms with Crippen molar-refractivity contribution in [3.63, 3.8) is 0 Å². The van der Waals surface area contributed by atoms with E-state index in [9.17, 15) is 23.0 Å². The summed E-state index contributed by atoms with van der Waals surface area (Å²) in [5, 5.41) is 15.5. The van der Waals surface area contributed by atoms with Gasteiger partial charge in [0.1, 0.15) is 30.3 Å². The van der Waals surface area contributed by atoms with E-state index in [1.165, 1.54) is 25.3 Å². The van der Waals surface area contributed by atoms with E-state index in [4.69, 9.17) is 16.3 Å². The molecule has 1 heterocycles. The standard InChI is InChI=1S/C21H18ClF3N5O2P/c1-32-18-9-14(33(2,3)31)5-7-17(18)29-20-27-11-15(21(23,24)25)19(30-20)28-16-6-4-13(22)8-12(16)10-26/h4-9,11H,1-3H3,(H2,27,28,29,30). The molecule has 0 aliphatic carbocycles. The number of nitrogens with zero attached hydrogens (tertiary/aromatic N) is 3. The first-order valence-electron chi connectivity index (χ1n) is 9.34. The molecule has 3 rings (SSSR count). The van der Waals surface area contributed by atoms with E-state index in [0.717, 1.165) is 0 Å². The second-order valence-electron chi connectivity index (χ2n) is 7.24. The van der Waals surface area contributed by atoms with Crippen molar-refractivity contribution >= 4 is 47.2 Å². The van der Waals surface area contributed by atoms with Gasteiger partial charge in [-0.05, 0) is 49.7 Å². The Hall–Kier alpha value is -3.28. The highest BCUT2D eigenvalue weighted by Crippen LogP contribution is 2.39. The smallest absolute Gasteiger partial charge is 0.421 e. The molecule has 0 bridgehead atoms. The van der Waals surface area contributed by atoms with Crippen molar-refractivity contribution in [2.24, 2.45) is 0 Å². The maximum Gasteiger partial charge on any atom is 0.421 e. The monoisotopic (exact) mass is 495 g/mol. The first-order chi connectivity index (χ1) is 15.4. The maximum absolute atomic E-state index is 13.6. The van der Waals surface area contributed by atoms with E-state index in [2.05, 4.69) is 20.6 Å². The summed E-state index contributed by atoms with van der Waals surface area (Å²) in [6, 6.07) is 10.8. The number of anilines is 4. The van der Waals surface area contributed by atoms with Crippen LogP contribution in [0.15, 0.2) is 42.6 Å². The lowest BCUT2D eigenvalue weighted by molar-refractivity contribution is -0.137. The molecule has 172 valence electrons. The molecule has 1 aromatic heterocycles. The van der Waals surface area contributed by atoms with Crippen molar-refractivity contribution < 1.29 is 22.5 Å². The van der Waals surface area contributed by atoms with Gasteiger partial charge in [0.2, 0.25) is 5.95 Å². The predicted octanol–water partition coefficient (Wildman–Crippen LogP) is 5.76. The summed E-state index contributed by atoms with van der Waals surface area (Å²) < 4.78 is 58.3. The van der Waals surface area contributed by atoms with E-state index < -0.39 is 24.7 Å². The van der Waals surface area contributed by atoms with Crippen LogP contribution in [-0.4, -0.2) is 30.4 Å². The Balaban J connectivity index is 2.02. The topological polar surface area (TPSA) is 99.9 Å². The highest BCUT2D eigenvalue weighted by atomic mass is 35.5. The van der Waals surface area contributed by atoms with Gasteiger partial charge >= 0.3 is 6.18 Å². The molecule has 0 fully saturated rings. The number of halogens is 4. The van der Waals surface area contributed by atoms with Gasteiger partial charge in [-0.2, -0.15) is 23.4 Å². The number of nitrogens with one attached hydrogen (secondary N) is 2. The van der Waals surface area contributed by atoms with Crippen molar-refractivity contribution in [2.45, 2.75) is 6.18 Å². The Kier molecular flexibility index (Phi) is 6.86. The van der Waals surface area contributed by atoms with E-state index in [0.29, 0.717) is 22.9 Å². The lowest BCUT2D eigenvalue weighted by atomic mass is 10.2. The largest absolute Gasteiger partial charge is 0.495 e. The summed E-state index contributed by atoms with van der Waals surface area (Å²) in [6.07, 6.45) is -4.12. The van der Waals surface area contributed by atoms with Gasteiger partial charge in [0.15, 0.2) is 0 Å². The summed E-state index contributed by atoms with van der Waals surface area (Å²) in [4.78, 5) is 7.74. The summed E-state index contributed by atoms with van der Waals surface area (Å²) in [5.74, 6) is -0.389. The molecule has 0 unspecified atom stereocenters. The molecule has 0 aliphatic heterocycles. The number of hydrogen-bond donors (Lipinski definition) is 2. The molecule has 2 aromatic carbocycles. The number of aromatic nitrogens is 2. The molecule has 12 heteroatoms. The molecular weight excluding hydrogens is 478 g/mol. The van der Waals surface area contributed by atoms with Crippen LogP contribution in [0.4, 0.5) is 36.3 Å². The van der Waals surface area contributed by atoms with Crippen LogP contribution in [0.2, 0.25) is 5.02 Å². The number of hydrogen-bond acceptors (Lipinski definition) is 7. The predicted molar refractivity (Wildman–Crippen MR) is 122 cm³/mol. The van der Waals surface area contributed by atoms with E-state index >= 15 is 0 Å². The number of alkyl halides is 3. The van der Waals surface area contributed by atoms with Crippen LogP contribution < -0.4 is 20.7 Å². The third-order valence-corrected chi connectivity index (χ3v) is 6.26. The average molecular weight is 496 g/mol. The van der Waals surface area contributed by atoms with Gasteiger partial charge in [0.05, 0.1) is 24.0 Å². The van der Waals surface area contributed by atoms with Crippen LogP contribution in [0.5, 0.6) is 5.75 Å². The fourth-order valence-corrected chi connectivity index (χ4v) is 3.86. The summed E-state index contributed by atoms with van der Waals surface area (Å²) >= 11 is 5.86. The molecule has 0 radical (unpaired) electrons. The van der Waals surface area contributed by atoms with E-state index in [-0.39, 0.29) is 22.2 Å². The molecule has 33 heavy (non-hydrogen) atoms. The van der Waals surface area contributed by atoms with Crippen molar-refractivity contribution in [1.82, 2.24) is 9.97 Å². The molecule has 0 atom stereocenters. The Labute approximate surface area is 193 Å². The minimum atomic E-state index is -4.75. The van der Waals surface area contributed by atoms with Crippen molar-refractivity contribution in [1.29, 1.82) is 5.26 Å². The van der Waals surface area contributed by atoms with Crippen LogP contribution in [-0.2, 0) is 10.7 Å². The van der Waals surface area contributed by atoms with Gasteiger partial charge in [-0.1, -0.05) is 11.6 Å². The zero-order chi connectivity index (χ0) is 24.4. The van der Waals surface area contributed by atoms with Gasteiger partial charge in [-0.25, -0.2) is 4.98 Å². The summed E-state index contributed by atoms with van der Waals surface area (Å²) in [6.45, 7) is 3.22. The van der Waals surface area contributed by atoms with Crippen molar-refractivity contribution in [3.05, 3.63) is 58.7 Å². The maximum atomic E-state index is 13.6. The number of ether oxygens (including phenoxy) is 1. The number of methoxy groups -OCH3 is 1. The normalized spacial score (nSPS) is 11.6. The average Bonchev–Trinajstić information content (AvgIpc) is 2.73. The Bertz CT molecular complexity index is 1290. The van der Waals surface area contributed by atoms with Crippen LogP contribution in [0, 0.1) is 11.3 Å². The van der Waals surface area contributed by atoms with Crippen LogP contribution in [0.3, 0.4) is 0 Å². The lowest BCUT2D eigenvalue weighted by Crippen LogP contribution is -2.13. The molecule has 3 aromatic rings. The van der Waals surface area contributed by atoms with E-state index in [1.807, 2.05) is 6.07 Å². The minimum absolute atomic E-state index is 0.0459. The molecule has 0 aliphatic rings. The van der Waals surface area contributed by atoms with Gasteiger partial charge in [-0.3, -0.25) is 0 Å². The molecule has 0 saturated carbocycles. The number of nitriles is 1. The number of benzene rings is 2. The molecular formula is C21H18ClF3N5O2P. The fraction of sp³-hybridized carbons (Fsp3) is 0.190. The zero-order valence-corrected chi connectivity index (χ0v) is 19.3. The van der Waals surface area contributed by atoms with E-state index in [1.54, 1.807) is 31.5 Å². The first-order valence-corrected chi connectivity index (χ1v) is 12.3. The zero-order valence-electron chi connectivity index (χ0n) is 17.7. The van der Waals surface area contributed by atoms with Crippen molar-refractivity contribution in [3.8, 4) is 11.8 Å². The highest BCUT2D eigenvalue weighted by molar-refractivity contribution is 7.70. The van der Waals surface area contributed by atoms with Gasteiger partial charge in [0, 0.05) is 16.5 Å². The Morgan fingerprint density at radius 2 is 1.82 bits per heavy atom. The third-order valence-electron chi connectivity index (χ3n) is 4.50. The molecule has 0 spiro atoms. The SMILES string of the molecule is COc1cc(P(C)(C)=O)ccc1Nc1ncc(C(F)(F)F)c(Nc2ccc(Cl)cc2C#N)n1. The lowest BCUT2D eigenvalue weighted by Gasteiger charge is -2.17. The quantitative estimate of drug-likeness (QED) is 0.419. The summed E-state index contributed by atoms with van der Waals surface area (Å²) in [5.41, 5.74) is -0.609. The second-order valence-corrected chi connectivity index (χ2v) is 10.9. The highest BCUT2D eigenvalue weighted by Gasteiger charge is 2.35. The van der Waals surface area contributed by atoms with Crippen LogP contribution in [0.25, 0.3) is 0 Å². The van der Waals surface area contributed by atoms with Crippen LogP contribution in [0.1, 0.15) is 11.1 Å². The van der Waals surface area contributed by atoms with Crippen LogP contribution >= 0.6 is 18.7 Å². The van der Waals surface area contributed by atoms with Gasteiger partial charge in [0.25, 0.3) is 0 Å². The Morgan fingerprint density at radius 1 is 1.12 bits per heavy atom. The Morgan fingerprint density at radius 3 is 2.42 bits per heavy atom. The number of rotatable bonds is 6. The molecule has 7 nitrogen and oxygen atoms in total. The van der Waals surface area contributed by atoms with Crippen molar-refractivity contribution in [2.75, 3.05) is 31.1 Å². The third kappa shape index (κ3) is 5.75.